The van der Waals surface area contributed by atoms with Crippen molar-refractivity contribution in [3.05, 3.63) is 80.3 Å². The van der Waals surface area contributed by atoms with Crippen LogP contribution in [0.4, 0.5) is 17.1 Å². The number of benzene rings is 2. The Morgan fingerprint density at radius 3 is 2.48 bits per heavy atom. The number of carbonyl (C=O) groups excluding carboxylic acids is 1. The summed E-state index contributed by atoms with van der Waals surface area (Å²) < 4.78 is 1.28. The van der Waals surface area contributed by atoms with Crippen LogP contribution in [0.15, 0.2) is 63.6 Å². The minimum Gasteiger partial charge on any atom is -0.545 e. The molecule has 1 aromatic heterocycles. The second kappa shape index (κ2) is 7.04. The van der Waals surface area contributed by atoms with Gasteiger partial charge in [-0.1, -0.05) is 24.3 Å². The molecular formula is C17H12N5O5-. The molecule has 0 radical (unpaired) electrons. The largest absolute Gasteiger partial charge is 0.545 e. The minimum absolute atomic E-state index is 0.0165. The van der Waals surface area contributed by atoms with E-state index in [-0.39, 0.29) is 16.9 Å². The molecule has 0 bridgehead atoms. The quantitative estimate of drug-likeness (QED) is 0.417. The number of carbonyl (C=O) groups is 1. The maximum Gasteiger partial charge on any atom is 0.299 e. The molecule has 10 heteroatoms. The van der Waals surface area contributed by atoms with Gasteiger partial charge in [-0.2, -0.15) is 0 Å². The number of aryl methyl sites for hydroxylation is 1. The number of hydrogen-bond donors (Lipinski definition) is 1. The molecule has 10 nitrogen and oxygen atoms in total. The predicted octanol–water partition coefficient (Wildman–Crippen LogP) is 2.16. The summed E-state index contributed by atoms with van der Waals surface area (Å²) in [6.45, 7) is 1.61. The molecule has 0 atom stereocenters. The third-order valence-corrected chi connectivity index (χ3v) is 3.72. The fraction of sp³-hybridized carbons (Fsp3) is 0.0588. The van der Waals surface area contributed by atoms with Crippen LogP contribution in [-0.2, 0) is 0 Å². The molecule has 0 aliphatic heterocycles. The summed E-state index contributed by atoms with van der Waals surface area (Å²) in [6, 6.07) is 11.9. The van der Waals surface area contributed by atoms with E-state index in [1.807, 2.05) is 0 Å². The normalized spacial score (nSPS) is 11.0. The van der Waals surface area contributed by atoms with E-state index in [0.717, 1.165) is 18.2 Å². The number of nitrogens with one attached hydrogen (secondary N) is 1. The first-order valence-corrected chi connectivity index (χ1v) is 7.67. The van der Waals surface area contributed by atoms with Gasteiger partial charge < -0.3 is 9.90 Å². The maximum absolute atomic E-state index is 12.5. The fourth-order valence-corrected chi connectivity index (χ4v) is 2.40. The molecule has 1 N–H and O–H groups in total. The average molecular weight is 366 g/mol. The van der Waals surface area contributed by atoms with Crippen LogP contribution < -0.4 is 10.7 Å². The molecule has 0 aliphatic carbocycles. The zero-order chi connectivity index (χ0) is 19.6. The lowest BCUT2D eigenvalue weighted by atomic mass is 10.2. The molecule has 0 aliphatic rings. The van der Waals surface area contributed by atoms with E-state index >= 15 is 0 Å². The molecule has 27 heavy (non-hydrogen) atoms. The van der Waals surface area contributed by atoms with E-state index in [1.54, 1.807) is 37.3 Å². The van der Waals surface area contributed by atoms with Gasteiger partial charge >= 0.3 is 0 Å². The Hall–Kier alpha value is -4.08. The second-order valence-electron chi connectivity index (χ2n) is 5.51. The molecular weight excluding hydrogens is 354 g/mol. The number of rotatable bonds is 5. The zero-order valence-corrected chi connectivity index (χ0v) is 13.9. The molecule has 1 heterocycles. The van der Waals surface area contributed by atoms with Crippen LogP contribution in [0.1, 0.15) is 16.1 Å². The van der Waals surface area contributed by atoms with Gasteiger partial charge in [0.15, 0.2) is 11.4 Å². The van der Waals surface area contributed by atoms with Crippen molar-refractivity contribution in [2.75, 3.05) is 0 Å². The number of aromatic carboxylic acids is 1. The van der Waals surface area contributed by atoms with Crippen LogP contribution >= 0.6 is 0 Å². The lowest BCUT2D eigenvalue weighted by Gasteiger charge is -2.02. The lowest BCUT2D eigenvalue weighted by molar-refractivity contribution is -0.384. The van der Waals surface area contributed by atoms with Gasteiger partial charge in [0.25, 0.3) is 11.2 Å². The van der Waals surface area contributed by atoms with E-state index in [4.69, 9.17) is 0 Å². The van der Waals surface area contributed by atoms with Gasteiger partial charge in [-0.05, 0) is 25.1 Å². The SMILES string of the molecule is Cc1[nH]n(-c2ccccc2)c(=O)c1N=Nc1ccc(C(=O)[O-])cc1[N+](=O)[O-]. The molecule has 3 aromatic rings. The van der Waals surface area contributed by atoms with Gasteiger partial charge in [0.2, 0.25) is 0 Å². The molecule has 0 saturated carbocycles. The summed E-state index contributed by atoms with van der Waals surface area (Å²) in [5, 5.41) is 32.5. The number of nitrogens with zero attached hydrogens (tertiary/aromatic N) is 4. The number of H-pyrrole nitrogens is 1. The summed E-state index contributed by atoms with van der Waals surface area (Å²) in [7, 11) is 0. The van der Waals surface area contributed by atoms with Gasteiger partial charge in [-0.3, -0.25) is 20.0 Å². The van der Waals surface area contributed by atoms with Crippen LogP contribution in [0, 0.1) is 17.0 Å². The first kappa shape index (κ1) is 17.7. The highest BCUT2D eigenvalue weighted by molar-refractivity contribution is 5.87. The average Bonchev–Trinajstić information content (AvgIpc) is 2.94. The Morgan fingerprint density at radius 1 is 1.15 bits per heavy atom. The Balaban J connectivity index is 2.03. The third kappa shape index (κ3) is 3.49. The number of carboxylic acids is 1. The number of nitro benzene ring substituents is 1. The van der Waals surface area contributed by atoms with Crippen molar-refractivity contribution in [1.82, 2.24) is 9.78 Å². The van der Waals surface area contributed by atoms with Gasteiger partial charge in [0, 0.05) is 11.6 Å². The van der Waals surface area contributed by atoms with E-state index in [2.05, 4.69) is 15.3 Å². The van der Waals surface area contributed by atoms with Crippen molar-refractivity contribution in [1.29, 1.82) is 0 Å². The number of carboxylic acid groups (broad SMARTS) is 1. The Labute approximate surface area is 151 Å². The first-order valence-electron chi connectivity index (χ1n) is 7.67. The molecule has 0 spiro atoms. The highest BCUT2D eigenvalue weighted by atomic mass is 16.6. The van der Waals surface area contributed by atoms with Crippen molar-refractivity contribution in [2.24, 2.45) is 10.2 Å². The van der Waals surface area contributed by atoms with E-state index in [0.29, 0.717) is 11.4 Å². The van der Waals surface area contributed by atoms with E-state index in [1.165, 1.54) is 4.68 Å². The summed E-state index contributed by atoms with van der Waals surface area (Å²) in [4.78, 5) is 33.8. The van der Waals surface area contributed by atoms with Crippen molar-refractivity contribution in [3.8, 4) is 5.69 Å². The number of azo groups is 1. The van der Waals surface area contributed by atoms with E-state index in [9.17, 15) is 24.8 Å². The monoisotopic (exact) mass is 366 g/mol. The number of para-hydroxylation sites is 1. The molecule has 0 saturated heterocycles. The lowest BCUT2D eigenvalue weighted by Crippen LogP contribution is -2.22. The smallest absolute Gasteiger partial charge is 0.299 e. The topological polar surface area (TPSA) is 146 Å². The second-order valence-corrected chi connectivity index (χ2v) is 5.51. The Morgan fingerprint density at radius 2 is 1.85 bits per heavy atom. The van der Waals surface area contributed by atoms with Gasteiger partial charge in [0.1, 0.15) is 0 Å². The highest BCUT2D eigenvalue weighted by Gasteiger charge is 2.16. The van der Waals surface area contributed by atoms with Crippen LogP contribution in [0.5, 0.6) is 0 Å². The zero-order valence-electron chi connectivity index (χ0n) is 13.9. The number of aromatic amines is 1. The summed E-state index contributed by atoms with van der Waals surface area (Å²) in [5.41, 5.74) is -0.579. The molecule has 136 valence electrons. The van der Waals surface area contributed by atoms with Gasteiger partial charge in [-0.15, -0.1) is 10.2 Å². The summed E-state index contributed by atoms with van der Waals surface area (Å²) >= 11 is 0. The fourth-order valence-electron chi connectivity index (χ4n) is 2.40. The van der Waals surface area contributed by atoms with Crippen molar-refractivity contribution in [3.63, 3.8) is 0 Å². The van der Waals surface area contributed by atoms with Crippen LogP contribution in [0.25, 0.3) is 5.69 Å². The molecule has 0 fully saturated rings. The van der Waals surface area contributed by atoms with E-state index < -0.39 is 22.1 Å². The molecule has 0 unspecified atom stereocenters. The Bertz CT molecular complexity index is 1110. The number of hydrogen-bond acceptors (Lipinski definition) is 7. The van der Waals surface area contributed by atoms with Crippen LogP contribution in [0.2, 0.25) is 0 Å². The van der Waals surface area contributed by atoms with Crippen LogP contribution in [-0.4, -0.2) is 20.7 Å². The number of aromatic nitrogens is 2. The molecule has 2 aromatic carbocycles. The first-order chi connectivity index (χ1) is 12.9. The van der Waals surface area contributed by atoms with Gasteiger partial charge in [-0.25, -0.2) is 4.68 Å². The third-order valence-electron chi connectivity index (χ3n) is 3.72. The minimum atomic E-state index is -1.55. The highest BCUT2D eigenvalue weighted by Crippen LogP contribution is 2.29. The van der Waals surface area contributed by atoms with Crippen molar-refractivity contribution in [2.45, 2.75) is 6.92 Å². The molecule has 3 rings (SSSR count). The van der Waals surface area contributed by atoms with Crippen molar-refractivity contribution >= 4 is 23.0 Å². The predicted molar refractivity (Wildman–Crippen MR) is 92.7 cm³/mol. The summed E-state index contributed by atoms with van der Waals surface area (Å²) in [5.74, 6) is -1.55. The van der Waals surface area contributed by atoms with Crippen molar-refractivity contribution < 1.29 is 14.8 Å². The van der Waals surface area contributed by atoms with Gasteiger partial charge in [0.05, 0.1) is 22.3 Å². The summed E-state index contributed by atoms with van der Waals surface area (Å²) in [6.07, 6.45) is 0. The maximum atomic E-state index is 12.5. The standard InChI is InChI=1S/C17H13N5O5/c1-10-15(16(23)21(20-10)12-5-3-2-4-6-12)19-18-13-8-7-11(17(24)25)9-14(13)22(26)27/h2-9,20H,1H3,(H,24,25)/p-1. The molecule has 0 amide bonds. The van der Waals surface area contributed by atoms with Crippen LogP contribution in [0.3, 0.4) is 0 Å². The Kier molecular flexibility index (Phi) is 4.62. The number of nitro groups is 1.